The van der Waals surface area contributed by atoms with Gasteiger partial charge in [-0.3, -0.25) is 0 Å². The molecule has 23 heavy (non-hydrogen) atoms. The molecule has 0 unspecified atom stereocenters. The number of carbonyl (C=O) groups excluding carboxylic acids is 1. The van der Waals surface area contributed by atoms with E-state index in [1.54, 1.807) is 0 Å². The molecule has 1 aliphatic carbocycles. The van der Waals surface area contributed by atoms with E-state index in [2.05, 4.69) is 40.8 Å². The highest BCUT2D eigenvalue weighted by molar-refractivity contribution is 6.74. The minimum absolute atomic E-state index is 0.00460. The maximum Gasteiger partial charge on any atom is 0.335 e. The van der Waals surface area contributed by atoms with Crippen molar-refractivity contribution in [3.63, 3.8) is 0 Å². The molecule has 130 valence electrons. The third-order valence-electron chi connectivity index (χ3n) is 6.14. The predicted octanol–water partition coefficient (Wildman–Crippen LogP) is 3.17. The average Bonchev–Trinajstić information content (AvgIpc) is 3.11. The van der Waals surface area contributed by atoms with Crippen LogP contribution in [0.2, 0.25) is 18.1 Å². The first kappa shape index (κ1) is 17.0. The molecule has 1 spiro atoms. The van der Waals surface area contributed by atoms with Crippen molar-refractivity contribution in [2.75, 3.05) is 6.61 Å². The van der Waals surface area contributed by atoms with Crippen molar-refractivity contribution in [3.05, 3.63) is 11.8 Å². The number of hydrogen-bond donors (Lipinski definition) is 1. The zero-order chi connectivity index (χ0) is 17.2. The number of rotatable bonds is 3. The highest BCUT2D eigenvalue weighted by Crippen LogP contribution is 2.54. The van der Waals surface area contributed by atoms with E-state index >= 15 is 0 Å². The summed E-state index contributed by atoms with van der Waals surface area (Å²) in [5.41, 5.74) is -0.962. The maximum absolute atomic E-state index is 11.7. The highest BCUT2D eigenvalue weighted by atomic mass is 28.4. The van der Waals surface area contributed by atoms with E-state index in [1.807, 2.05) is 0 Å². The lowest BCUT2D eigenvalue weighted by molar-refractivity contribution is -0.158. The van der Waals surface area contributed by atoms with Gasteiger partial charge in [-0.2, -0.15) is 0 Å². The van der Waals surface area contributed by atoms with Crippen molar-refractivity contribution in [1.29, 1.82) is 0 Å². The monoisotopic (exact) mass is 340 g/mol. The third kappa shape index (κ3) is 2.64. The standard InChI is InChI=1S/C17H28O5Si/c1-10-8-17(12(18)7-13(19)22-17)11(15-14(10)21-15)9-20-23(5,6)16(2,3)4/h7,10-11,14-15,18H,8-9H2,1-6H3/t10-,11-,14+,15-,17-/m1/s1. The fraction of sp³-hybridized carbons (Fsp3) is 0.824. The Morgan fingerprint density at radius 2 is 2.04 bits per heavy atom. The van der Waals surface area contributed by atoms with Crippen LogP contribution in [-0.2, 0) is 18.7 Å². The van der Waals surface area contributed by atoms with Crippen molar-refractivity contribution in [3.8, 4) is 0 Å². The lowest BCUT2D eigenvalue weighted by Gasteiger charge is -2.43. The van der Waals surface area contributed by atoms with Gasteiger partial charge in [0.05, 0.1) is 24.2 Å². The normalized spacial score (nSPS) is 39.9. The Labute approximate surface area is 139 Å². The summed E-state index contributed by atoms with van der Waals surface area (Å²) >= 11 is 0. The molecule has 5 atom stereocenters. The minimum atomic E-state index is -1.92. The number of aliphatic hydroxyl groups excluding tert-OH is 1. The fourth-order valence-electron chi connectivity index (χ4n) is 3.58. The van der Waals surface area contributed by atoms with Crippen LogP contribution in [-0.4, -0.2) is 43.8 Å². The van der Waals surface area contributed by atoms with Crippen molar-refractivity contribution in [2.45, 2.75) is 70.1 Å². The summed E-state index contributed by atoms with van der Waals surface area (Å²) in [7, 11) is -1.92. The molecule has 2 heterocycles. The van der Waals surface area contributed by atoms with Crippen molar-refractivity contribution < 1.29 is 23.8 Å². The summed E-state index contributed by atoms with van der Waals surface area (Å²) < 4.78 is 17.8. The number of epoxide rings is 1. The molecule has 0 radical (unpaired) electrons. The van der Waals surface area contributed by atoms with Crippen LogP contribution >= 0.6 is 0 Å². The molecule has 1 saturated carbocycles. The first-order valence-corrected chi connectivity index (χ1v) is 11.3. The Balaban J connectivity index is 1.82. The Kier molecular flexibility index (Phi) is 3.74. The molecule has 0 aromatic rings. The van der Waals surface area contributed by atoms with Crippen LogP contribution in [0.5, 0.6) is 0 Å². The molecule has 0 aromatic heterocycles. The summed E-state index contributed by atoms with van der Waals surface area (Å²) in [6.45, 7) is 13.5. The highest BCUT2D eigenvalue weighted by Gasteiger charge is 2.66. The van der Waals surface area contributed by atoms with Crippen LogP contribution in [0.4, 0.5) is 0 Å². The number of ether oxygens (including phenoxy) is 2. The molecular weight excluding hydrogens is 312 g/mol. The molecule has 6 heteroatoms. The smallest absolute Gasteiger partial charge is 0.335 e. The molecule has 1 saturated heterocycles. The van der Waals surface area contributed by atoms with Gasteiger partial charge in [0.25, 0.3) is 0 Å². The first-order valence-electron chi connectivity index (χ1n) is 8.41. The lowest BCUT2D eigenvalue weighted by atomic mass is 9.71. The van der Waals surface area contributed by atoms with Gasteiger partial charge in [0.1, 0.15) is 5.76 Å². The zero-order valence-electron chi connectivity index (χ0n) is 14.9. The number of esters is 1. The number of aliphatic hydroxyl groups is 1. The second kappa shape index (κ2) is 5.07. The molecular formula is C17H28O5Si. The SMILES string of the molecule is C[C@@H]1C[C@@]2(OC(=O)C=C2O)[C@H](CO[Si](C)(C)C(C)(C)C)[C@H]2O[C@H]21. The number of fused-ring (bicyclic) bond motifs is 1. The van der Waals surface area contributed by atoms with Gasteiger partial charge in [0.15, 0.2) is 13.9 Å². The molecule has 1 N–H and O–H groups in total. The molecule has 5 nitrogen and oxygen atoms in total. The number of carbonyl (C=O) groups is 1. The maximum atomic E-state index is 11.7. The topological polar surface area (TPSA) is 68.3 Å². The molecule has 2 fully saturated rings. The molecule has 3 rings (SSSR count). The molecule has 0 aromatic carbocycles. The zero-order valence-corrected chi connectivity index (χ0v) is 15.9. The second-order valence-corrected chi connectivity index (χ2v) is 13.6. The van der Waals surface area contributed by atoms with E-state index in [-0.39, 0.29) is 34.8 Å². The Hall–Kier alpha value is -0.853. The predicted molar refractivity (Wildman–Crippen MR) is 88.6 cm³/mol. The van der Waals surface area contributed by atoms with E-state index in [9.17, 15) is 9.90 Å². The summed E-state index contributed by atoms with van der Waals surface area (Å²) in [4.78, 5) is 11.7. The van der Waals surface area contributed by atoms with Gasteiger partial charge in [0.2, 0.25) is 0 Å². The third-order valence-corrected chi connectivity index (χ3v) is 10.6. The van der Waals surface area contributed by atoms with Crippen LogP contribution in [0.3, 0.4) is 0 Å². The largest absolute Gasteiger partial charge is 0.508 e. The van der Waals surface area contributed by atoms with Crippen LogP contribution < -0.4 is 0 Å². The molecule has 0 amide bonds. The van der Waals surface area contributed by atoms with Crippen LogP contribution in [0.1, 0.15) is 34.1 Å². The molecule has 3 aliphatic rings. The van der Waals surface area contributed by atoms with Gasteiger partial charge in [-0.05, 0) is 24.1 Å². The van der Waals surface area contributed by atoms with Gasteiger partial charge in [-0.1, -0.05) is 27.7 Å². The van der Waals surface area contributed by atoms with Crippen LogP contribution in [0.15, 0.2) is 11.8 Å². The van der Waals surface area contributed by atoms with Crippen molar-refractivity contribution in [1.82, 2.24) is 0 Å². The van der Waals surface area contributed by atoms with Gasteiger partial charge in [-0.15, -0.1) is 0 Å². The fourth-order valence-corrected chi connectivity index (χ4v) is 4.61. The second-order valence-electron chi connectivity index (χ2n) is 8.76. The van der Waals surface area contributed by atoms with E-state index in [4.69, 9.17) is 13.9 Å². The van der Waals surface area contributed by atoms with Crippen LogP contribution in [0.25, 0.3) is 0 Å². The minimum Gasteiger partial charge on any atom is -0.508 e. The van der Waals surface area contributed by atoms with E-state index in [0.717, 1.165) is 0 Å². The summed E-state index contributed by atoms with van der Waals surface area (Å²) in [6.07, 6.45) is 1.99. The Morgan fingerprint density at radius 1 is 1.39 bits per heavy atom. The van der Waals surface area contributed by atoms with E-state index < -0.39 is 19.9 Å². The van der Waals surface area contributed by atoms with Crippen molar-refractivity contribution >= 4 is 14.3 Å². The number of hydrogen-bond acceptors (Lipinski definition) is 5. The van der Waals surface area contributed by atoms with E-state index in [0.29, 0.717) is 13.0 Å². The van der Waals surface area contributed by atoms with Crippen LogP contribution in [0, 0.1) is 11.8 Å². The summed E-state index contributed by atoms with van der Waals surface area (Å²) in [5.74, 6) is -0.315. The van der Waals surface area contributed by atoms with Gasteiger partial charge < -0.3 is 19.0 Å². The lowest BCUT2D eigenvalue weighted by Crippen LogP contribution is -2.53. The summed E-state index contributed by atoms with van der Waals surface area (Å²) in [5, 5.41) is 10.5. The molecule has 0 bridgehead atoms. The van der Waals surface area contributed by atoms with Gasteiger partial charge in [-0.25, -0.2) is 4.79 Å². The van der Waals surface area contributed by atoms with E-state index in [1.165, 1.54) is 6.08 Å². The van der Waals surface area contributed by atoms with Gasteiger partial charge in [0, 0.05) is 13.0 Å². The van der Waals surface area contributed by atoms with Gasteiger partial charge >= 0.3 is 5.97 Å². The Bertz CT molecular complexity index is 550. The Morgan fingerprint density at radius 3 is 2.57 bits per heavy atom. The average molecular weight is 340 g/mol. The molecule has 2 aliphatic heterocycles. The first-order chi connectivity index (χ1) is 10.5. The summed E-state index contributed by atoms with van der Waals surface area (Å²) in [6, 6.07) is 0. The van der Waals surface area contributed by atoms with Crippen molar-refractivity contribution in [2.24, 2.45) is 11.8 Å². The quantitative estimate of drug-likeness (QED) is 0.485.